The third-order valence-corrected chi connectivity index (χ3v) is 3.05. The first-order valence-electron chi connectivity index (χ1n) is 7.12. The Balaban J connectivity index is 2.57. The van der Waals surface area contributed by atoms with Crippen LogP contribution in [-0.4, -0.2) is 24.2 Å². The summed E-state index contributed by atoms with van der Waals surface area (Å²) in [5, 5.41) is 4.01. The number of nitrogens with one attached hydrogen (secondary N) is 1. The van der Waals surface area contributed by atoms with E-state index in [4.69, 9.17) is 4.74 Å². The van der Waals surface area contributed by atoms with Crippen LogP contribution in [0.4, 0.5) is 0 Å². The SMILES string of the molecule is CCOC(=O)[C@@H](CC)/C(C)=N/NC(=O)Cc1ccccc1. The van der Waals surface area contributed by atoms with Crippen LogP contribution in [0.5, 0.6) is 0 Å². The van der Waals surface area contributed by atoms with Gasteiger partial charge in [-0.1, -0.05) is 37.3 Å². The van der Waals surface area contributed by atoms with Gasteiger partial charge < -0.3 is 4.74 Å². The van der Waals surface area contributed by atoms with Crippen LogP contribution in [-0.2, 0) is 20.7 Å². The zero-order valence-electron chi connectivity index (χ0n) is 12.8. The van der Waals surface area contributed by atoms with E-state index in [1.54, 1.807) is 13.8 Å². The second-order valence-electron chi connectivity index (χ2n) is 4.66. The predicted molar refractivity (Wildman–Crippen MR) is 81.8 cm³/mol. The lowest BCUT2D eigenvalue weighted by atomic mass is 10.0. The third kappa shape index (κ3) is 5.77. The van der Waals surface area contributed by atoms with Gasteiger partial charge in [0.15, 0.2) is 0 Å². The number of esters is 1. The van der Waals surface area contributed by atoms with Gasteiger partial charge in [-0.2, -0.15) is 5.10 Å². The molecule has 0 fully saturated rings. The number of ether oxygens (including phenoxy) is 1. The summed E-state index contributed by atoms with van der Waals surface area (Å²) in [6, 6.07) is 9.41. The number of nitrogens with zero attached hydrogens (tertiary/aromatic N) is 1. The molecule has 1 aromatic rings. The van der Waals surface area contributed by atoms with Crippen LogP contribution in [0, 0.1) is 5.92 Å². The minimum atomic E-state index is -0.415. The van der Waals surface area contributed by atoms with Gasteiger partial charge in [0, 0.05) is 5.71 Å². The van der Waals surface area contributed by atoms with Gasteiger partial charge in [0.05, 0.1) is 18.9 Å². The van der Waals surface area contributed by atoms with Gasteiger partial charge in [-0.05, 0) is 25.8 Å². The maximum atomic E-state index is 11.8. The molecule has 0 radical (unpaired) electrons. The van der Waals surface area contributed by atoms with Crippen molar-refractivity contribution in [2.75, 3.05) is 6.61 Å². The standard InChI is InChI=1S/C16H22N2O3/c1-4-14(16(20)21-5-2)12(3)17-18-15(19)11-13-9-7-6-8-10-13/h6-10,14H,4-5,11H2,1-3H3,(H,18,19)/b17-12+/t14-/m0/s1. The van der Waals surface area contributed by atoms with E-state index in [2.05, 4.69) is 10.5 Å². The van der Waals surface area contributed by atoms with Crippen LogP contribution >= 0.6 is 0 Å². The zero-order chi connectivity index (χ0) is 15.7. The predicted octanol–water partition coefficient (Wildman–Crippen LogP) is 2.31. The normalized spacial score (nSPS) is 12.6. The van der Waals surface area contributed by atoms with Crippen molar-refractivity contribution in [1.29, 1.82) is 0 Å². The maximum absolute atomic E-state index is 11.8. The molecule has 0 unspecified atom stereocenters. The van der Waals surface area contributed by atoms with Gasteiger partial charge in [-0.3, -0.25) is 9.59 Å². The minimum absolute atomic E-state index is 0.209. The molecule has 5 heteroatoms. The summed E-state index contributed by atoms with van der Waals surface area (Å²) < 4.78 is 4.99. The molecule has 1 N–H and O–H groups in total. The van der Waals surface area contributed by atoms with Gasteiger partial charge in [0.1, 0.15) is 0 Å². The van der Waals surface area contributed by atoms with E-state index in [1.807, 2.05) is 37.3 Å². The Morgan fingerprint density at radius 1 is 1.24 bits per heavy atom. The highest BCUT2D eigenvalue weighted by Gasteiger charge is 2.21. The van der Waals surface area contributed by atoms with Crippen LogP contribution < -0.4 is 5.43 Å². The maximum Gasteiger partial charge on any atom is 0.314 e. The number of carbonyl (C=O) groups excluding carboxylic acids is 2. The topological polar surface area (TPSA) is 67.8 Å². The quantitative estimate of drug-likeness (QED) is 0.476. The number of hydrazone groups is 1. The molecule has 0 bridgehead atoms. The van der Waals surface area contributed by atoms with Crippen LogP contribution in [0.1, 0.15) is 32.8 Å². The first kappa shape index (κ1) is 16.9. The van der Waals surface area contributed by atoms with Crippen molar-refractivity contribution in [2.45, 2.75) is 33.6 Å². The number of hydrogen-bond acceptors (Lipinski definition) is 4. The summed E-state index contributed by atoms with van der Waals surface area (Å²) in [4.78, 5) is 23.5. The Morgan fingerprint density at radius 2 is 1.90 bits per heavy atom. The summed E-state index contributed by atoms with van der Waals surface area (Å²) in [5.41, 5.74) is 3.95. The molecule has 0 aliphatic heterocycles. The molecule has 0 saturated heterocycles. The number of amides is 1. The van der Waals surface area contributed by atoms with Crippen molar-refractivity contribution in [1.82, 2.24) is 5.43 Å². The molecule has 1 aromatic carbocycles. The number of rotatable bonds is 7. The Bertz CT molecular complexity index is 498. The van der Waals surface area contributed by atoms with Crippen molar-refractivity contribution in [3.63, 3.8) is 0 Å². The zero-order valence-corrected chi connectivity index (χ0v) is 12.8. The largest absolute Gasteiger partial charge is 0.465 e. The average molecular weight is 290 g/mol. The summed E-state index contributed by atoms with van der Waals surface area (Å²) >= 11 is 0. The molecule has 0 aliphatic rings. The van der Waals surface area contributed by atoms with Crippen molar-refractivity contribution in [3.05, 3.63) is 35.9 Å². The highest BCUT2D eigenvalue weighted by atomic mass is 16.5. The van der Waals surface area contributed by atoms with E-state index in [0.717, 1.165) is 5.56 Å². The Labute approximate surface area is 125 Å². The molecule has 0 aromatic heterocycles. The number of carbonyl (C=O) groups is 2. The van der Waals surface area contributed by atoms with Crippen molar-refractivity contribution in [3.8, 4) is 0 Å². The first-order chi connectivity index (χ1) is 10.1. The van der Waals surface area contributed by atoms with Crippen LogP contribution in [0.2, 0.25) is 0 Å². The Morgan fingerprint density at radius 3 is 2.48 bits per heavy atom. The first-order valence-corrected chi connectivity index (χ1v) is 7.12. The minimum Gasteiger partial charge on any atom is -0.465 e. The van der Waals surface area contributed by atoms with Gasteiger partial charge in [0.2, 0.25) is 5.91 Å². The van der Waals surface area contributed by atoms with Crippen molar-refractivity contribution < 1.29 is 14.3 Å². The third-order valence-electron chi connectivity index (χ3n) is 3.05. The molecule has 0 saturated carbocycles. The lowest BCUT2D eigenvalue weighted by Gasteiger charge is -2.13. The number of hydrogen-bond donors (Lipinski definition) is 1. The van der Waals surface area contributed by atoms with E-state index in [0.29, 0.717) is 18.7 Å². The summed E-state index contributed by atoms with van der Waals surface area (Å²) in [6.07, 6.45) is 0.844. The van der Waals surface area contributed by atoms with E-state index >= 15 is 0 Å². The molecular weight excluding hydrogens is 268 g/mol. The molecule has 0 aliphatic carbocycles. The molecule has 0 spiro atoms. The van der Waals surface area contributed by atoms with Gasteiger partial charge in [-0.25, -0.2) is 5.43 Å². The molecule has 114 valence electrons. The van der Waals surface area contributed by atoms with Crippen molar-refractivity contribution in [2.24, 2.45) is 11.0 Å². The van der Waals surface area contributed by atoms with E-state index in [1.165, 1.54) is 0 Å². The monoisotopic (exact) mass is 290 g/mol. The summed E-state index contributed by atoms with van der Waals surface area (Å²) in [6.45, 7) is 5.70. The Kier molecular flexibility index (Phi) is 7.15. The molecule has 21 heavy (non-hydrogen) atoms. The molecular formula is C16H22N2O3. The fraction of sp³-hybridized carbons (Fsp3) is 0.438. The molecule has 1 amide bonds. The smallest absolute Gasteiger partial charge is 0.314 e. The highest BCUT2D eigenvalue weighted by Crippen LogP contribution is 2.08. The second-order valence-corrected chi connectivity index (χ2v) is 4.66. The highest BCUT2D eigenvalue weighted by molar-refractivity contribution is 6.01. The van der Waals surface area contributed by atoms with Gasteiger partial charge in [-0.15, -0.1) is 0 Å². The average Bonchev–Trinajstić information content (AvgIpc) is 2.47. The van der Waals surface area contributed by atoms with Crippen LogP contribution in [0.15, 0.2) is 35.4 Å². The second kappa shape index (κ2) is 8.89. The summed E-state index contributed by atoms with van der Waals surface area (Å²) in [7, 11) is 0. The fourth-order valence-corrected chi connectivity index (χ4v) is 1.92. The molecule has 1 rings (SSSR count). The lowest BCUT2D eigenvalue weighted by molar-refractivity contribution is -0.145. The van der Waals surface area contributed by atoms with E-state index < -0.39 is 5.92 Å². The van der Waals surface area contributed by atoms with Crippen molar-refractivity contribution >= 4 is 17.6 Å². The van der Waals surface area contributed by atoms with E-state index in [-0.39, 0.29) is 18.3 Å². The van der Waals surface area contributed by atoms with Crippen LogP contribution in [0.25, 0.3) is 0 Å². The molecule has 0 heterocycles. The Hall–Kier alpha value is -2.17. The van der Waals surface area contributed by atoms with Gasteiger partial charge in [0.25, 0.3) is 0 Å². The summed E-state index contributed by atoms with van der Waals surface area (Å²) in [5.74, 6) is -0.931. The van der Waals surface area contributed by atoms with Crippen LogP contribution in [0.3, 0.4) is 0 Å². The van der Waals surface area contributed by atoms with E-state index in [9.17, 15) is 9.59 Å². The van der Waals surface area contributed by atoms with Gasteiger partial charge >= 0.3 is 5.97 Å². The molecule has 5 nitrogen and oxygen atoms in total. The molecule has 1 atom stereocenters. The lowest BCUT2D eigenvalue weighted by Crippen LogP contribution is -2.28. The number of benzene rings is 1. The fourth-order valence-electron chi connectivity index (χ4n) is 1.92.